The van der Waals surface area contributed by atoms with Gasteiger partial charge in [0.1, 0.15) is 0 Å². The summed E-state index contributed by atoms with van der Waals surface area (Å²) in [5.41, 5.74) is 2.99. The second-order valence-corrected chi connectivity index (χ2v) is 13.1. The summed E-state index contributed by atoms with van der Waals surface area (Å²) < 4.78 is 5.54. The molecule has 2 bridgehead atoms. The van der Waals surface area contributed by atoms with Gasteiger partial charge >= 0.3 is 5.97 Å². The Hall–Kier alpha value is -1.84. The van der Waals surface area contributed by atoms with Crippen molar-refractivity contribution in [1.82, 2.24) is 4.90 Å². The average Bonchev–Trinajstić information content (AvgIpc) is 2.86. The molecule has 1 aromatic rings. The zero-order chi connectivity index (χ0) is 23.4. The number of esters is 1. The second kappa shape index (κ2) is 7.64. The Morgan fingerprint density at radius 2 is 1.52 bits per heavy atom. The van der Waals surface area contributed by atoms with E-state index in [0.717, 1.165) is 36.9 Å². The van der Waals surface area contributed by atoms with Crippen LogP contribution in [0, 0.1) is 10.8 Å². The molecule has 1 amide bonds. The first-order chi connectivity index (χ1) is 14.0. The largest absolute Gasteiger partial charge is 0.452 e. The number of hydrogen-bond acceptors (Lipinski definition) is 3. The van der Waals surface area contributed by atoms with Crippen LogP contribution < -0.4 is 0 Å². The Kier molecular flexibility index (Phi) is 5.87. The van der Waals surface area contributed by atoms with E-state index < -0.39 is 5.97 Å². The van der Waals surface area contributed by atoms with Crippen LogP contribution in [0.4, 0.5) is 0 Å². The molecule has 0 radical (unpaired) electrons. The standard InChI is InChI=1S/C27H41NO3/c1-24(2,3)19-10-18(11-20(12-19)25(4,5)6)23(30)31-15-22(29)28-17-27(9)14-21(28)13-26(7,8)16-27/h10-12,21H,13-17H2,1-9H3. The summed E-state index contributed by atoms with van der Waals surface area (Å²) in [6, 6.07) is 6.26. The number of carbonyl (C=O) groups is 2. The molecule has 2 aliphatic rings. The van der Waals surface area contributed by atoms with Gasteiger partial charge in [0.05, 0.1) is 5.56 Å². The van der Waals surface area contributed by atoms with Crippen LogP contribution >= 0.6 is 0 Å². The fourth-order valence-electron chi connectivity index (χ4n) is 5.66. The summed E-state index contributed by atoms with van der Waals surface area (Å²) in [7, 11) is 0. The molecule has 3 rings (SSSR count). The smallest absolute Gasteiger partial charge is 0.338 e. The number of rotatable bonds is 3. The van der Waals surface area contributed by atoms with Gasteiger partial charge in [0.2, 0.25) is 0 Å². The molecule has 0 aromatic heterocycles. The third-order valence-corrected chi connectivity index (χ3v) is 6.96. The third kappa shape index (κ3) is 5.32. The number of ether oxygens (including phenoxy) is 1. The lowest BCUT2D eigenvalue weighted by atomic mass is 9.65. The van der Waals surface area contributed by atoms with Crippen molar-refractivity contribution < 1.29 is 14.3 Å². The van der Waals surface area contributed by atoms with Gasteiger partial charge in [0, 0.05) is 12.6 Å². The highest BCUT2D eigenvalue weighted by atomic mass is 16.5. The van der Waals surface area contributed by atoms with E-state index in [4.69, 9.17) is 4.74 Å². The lowest BCUT2D eigenvalue weighted by molar-refractivity contribution is -0.135. The summed E-state index contributed by atoms with van der Waals surface area (Å²) >= 11 is 0. The summed E-state index contributed by atoms with van der Waals surface area (Å²) in [5, 5.41) is 0. The van der Waals surface area contributed by atoms with Gasteiger partial charge in [0.25, 0.3) is 5.91 Å². The summed E-state index contributed by atoms with van der Waals surface area (Å²) in [4.78, 5) is 27.9. The average molecular weight is 428 g/mol. The molecule has 4 nitrogen and oxygen atoms in total. The van der Waals surface area contributed by atoms with E-state index in [1.807, 2.05) is 17.0 Å². The zero-order valence-electron chi connectivity index (χ0n) is 21.0. The van der Waals surface area contributed by atoms with Crippen molar-refractivity contribution in [2.45, 2.75) is 98.4 Å². The number of fused-ring (bicyclic) bond motifs is 2. The third-order valence-electron chi connectivity index (χ3n) is 6.96. The van der Waals surface area contributed by atoms with E-state index in [1.165, 1.54) is 0 Å². The number of hydrogen-bond donors (Lipinski definition) is 0. The Bertz CT molecular complexity index is 839. The molecule has 172 valence electrons. The van der Waals surface area contributed by atoms with E-state index in [1.54, 1.807) is 0 Å². The SMILES string of the molecule is CC1(C)CC2CC(C)(CN2C(=O)COC(=O)c2cc(C(C)(C)C)cc(C(C)(C)C)c2)C1. The van der Waals surface area contributed by atoms with Crippen molar-refractivity contribution in [2.75, 3.05) is 13.2 Å². The fraction of sp³-hybridized carbons (Fsp3) is 0.704. The minimum Gasteiger partial charge on any atom is -0.452 e. The maximum atomic E-state index is 13.0. The quantitative estimate of drug-likeness (QED) is 0.567. The van der Waals surface area contributed by atoms with Crippen LogP contribution in [0.5, 0.6) is 0 Å². The summed E-state index contributed by atoms with van der Waals surface area (Å²) in [6.45, 7) is 20.3. The summed E-state index contributed by atoms with van der Waals surface area (Å²) in [5.74, 6) is -0.485. The molecular formula is C27H41NO3. The highest BCUT2D eigenvalue weighted by Crippen LogP contribution is 2.52. The van der Waals surface area contributed by atoms with Crippen LogP contribution in [0.25, 0.3) is 0 Å². The fourth-order valence-corrected chi connectivity index (χ4v) is 5.66. The van der Waals surface area contributed by atoms with E-state index in [0.29, 0.717) is 5.56 Å². The number of amides is 1. The summed E-state index contributed by atoms with van der Waals surface area (Å²) in [6.07, 6.45) is 3.21. The van der Waals surface area contributed by atoms with Gasteiger partial charge in [-0.2, -0.15) is 0 Å². The molecule has 31 heavy (non-hydrogen) atoms. The predicted octanol–water partition coefficient (Wildman–Crippen LogP) is 5.87. The van der Waals surface area contributed by atoms with Gasteiger partial charge < -0.3 is 9.64 Å². The lowest BCUT2D eigenvalue weighted by Gasteiger charge is -2.39. The molecule has 1 aromatic carbocycles. The minimum absolute atomic E-state index is 0.0669. The van der Waals surface area contributed by atoms with Gasteiger partial charge in [0.15, 0.2) is 6.61 Å². The minimum atomic E-state index is -0.418. The molecule has 2 fully saturated rings. The highest BCUT2D eigenvalue weighted by Gasteiger charge is 2.50. The molecule has 1 heterocycles. The van der Waals surface area contributed by atoms with E-state index in [2.05, 4.69) is 68.4 Å². The molecule has 1 aliphatic carbocycles. The molecule has 1 saturated carbocycles. The van der Waals surface area contributed by atoms with Crippen molar-refractivity contribution >= 4 is 11.9 Å². The Balaban J connectivity index is 1.73. The first-order valence-electron chi connectivity index (χ1n) is 11.6. The maximum absolute atomic E-state index is 13.0. The van der Waals surface area contributed by atoms with E-state index in [-0.39, 0.29) is 40.2 Å². The lowest BCUT2D eigenvalue weighted by Crippen LogP contribution is -2.39. The first-order valence-corrected chi connectivity index (χ1v) is 11.6. The van der Waals surface area contributed by atoms with Crippen LogP contribution in [-0.2, 0) is 20.4 Å². The normalized spacial score (nSPS) is 25.5. The Morgan fingerprint density at radius 1 is 0.968 bits per heavy atom. The van der Waals surface area contributed by atoms with Gasteiger partial charge in [-0.1, -0.05) is 68.4 Å². The maximum Gasteiger partial charge on any atom is 0.338 e. The molecule has 1 saturated heterocycles. The van der Waals surface area contributed by atoms with Crippen molar-refractivity contribution in [2.24, 2.45) is 10.8 Å². The van der Waals surface area contributed by atoms with Gasteiger partial charge in [-0.15, -0.1) is 0 Å². The highest BCUT2D eigenvalue weighted by molar-refractivity contribution is 5.92. The molecule has 0 spiro atoms. The van der Waals surface area contributed by atoms with Crippen molar-refractivity contribution in [3.8, 4) is 0 Å². The Labute approximate surface area is 188 Å². The predicted molar refractivity (Wildman–Crippen MR) is 125 cm³/mol. The molecule has 2 atom stereocenters. The molecule has 2 unspecified atom stereocenters. The topological polar surface area (TPSA) is 46.6 Å². The van der Waals surface area contributed by atoms with E-state index in [9.17, 15) is 9.59 Å². The number of nitrogens with zero attached hydrogens (tertiary/aromatic N) is 1. The van der Waals surface area contributed by atoms with Gasteiger partial charge in [-0.3, -0.25) is 4.79 Å². The van der Waals surface area contributed by atoms with Crippen LogP contribution in [0.3, 0.4) is 0 Å². The second-order valence-electron chi connectivity index (χ2n) is 13.1. The zero-order valence-corrected chi connectivity index (χ0v) is 21.0. The van der Waals surface area contributed by atoms with Crippen molar-refractivity contribution in [1.29, 1.82) is 0 Å². The number of benzene rings is 1. The Morgan fingerprint density at radius 3 is 2.03 bits per heavy atom. The van der Waals surface area contributed by atoms with E-state index >= 15 is 0 Å². The molecule has 4 heteroatoms. The number of carbonyl (C=O) groups excluding carboxylic acids is 2. The van der Waals surface area contributed by atoms with Crippen LogP contribution in [0.15, 0.2) is 18.2 Å². The van der Waals surface area contributed by atoms with Crippen LogP contribution in [0.1, 0.15) is 103 Å². The first kappa shape index (κ1) is 23.8. The van der Waals surface area contributed by atoms with Gasteiger partial charge in [-0.25, -0.2) is 4.79 Å². The molecule has 1 aliphatic heterocycles. The van der Waals surface area contributed by atoms with Crippen molar-refractivity contribution in [3.05, 3.63) is 34.9 Å². The van der Waals surface area contributed by atoms with Crippen LogP contribution in [-0.4, -0.2) is 36.0 Å². The molecule has 0 N–H and O–H groups in total. The molecular weight excluding hydrogens is 386 g/mol. The number of likely N-dealkylation sites (tertiary alicyclic amines) is 1. The van der Waals surface area contributed by atoms with Crippen LogP contribution in [0.2, 0.25) is 0 Å². The monoisotopic (exact) mass is 427 g/mol. The van der Waals surface area contributed by atoms with Crippen molar-refractivity contribution in [3.63, 3.8) is 0 Å². The van der Waals surface area contributed by atoms with Gasteiger partial charge in [-0.05, 0) is 64.2 Å².